The SMILES string of the molecule is CCSc1ccc2nnc(CCNC(=O)c3ccccc3)n2n1. The van der Waals surface area contributed by atoms with Gasteiger partial charge in [0.15, 0.2) is 11.5 Å². The average molecular weight is 327 g/mol. The Labute approximate surface area is 138 Å². The average Bonchev–Trinajstić information content (AvgIpc) is 2.98. The highest BCUT2D eigenvalue weighted by Gasteiger charge is 2.09. The molecule has 0 aliphatic heterocycles. The van der Waals surface area contributed by atoms with Crippen LogP contribution in [0.4, 0.5) is 0 Å². The third-order valence-electron chi connectivity index (χ3n) is 3.27. The van der Waals surface area contributed by atoms with Crippen LogP contribution in [0, 0.1) is 0 Å². The minimum Gasteiger partial charge on any atom is -0.352 e. The monoisotopic (exact) mass is 327 g/mol. The molecule has 3 rings (SSSR count). The van der Waals surface area contributed by atoms with Gasteiger partial charge in [-0.15, -0.1) is 22.0 Å². The molecule has 23 heavy (non-hydrogen) atoms. The van der Waals surface area contributed by atoms with Crippen molar-refractivity contribution < 1.29 is 4.79 Å². The highest BCUT2D eigenvalue weighted by Crippen LogP contribution is 2.15. The van der Waals surface area contributed by atoms with Gasteiger partial charge in [-0.25, -0.2) is 0 Å². The molecule has 0 aliphatic carbocycles. The zero-order chi connectivity index (χ0) is 16.1. The molecular weight excluding hydrogens is 310 g/mol. The predicted octanol–water partition coefficient (Wildman–Crippen LogP) is 2.21. The molecule has 3 aromatic rings. The molecule has 0 saturated carbocycles. The topological polar surface area (TPSA) is 72.2 Å². The molecule has 0 fully saturated rings. The van der Waals surface area contributed by atoms with Gasteiger partial charge in [-0.1, -0.05) is 25.1 Å². The molecule has 1 amide bonds. The maximum absolute atomic E-state index is 12.0. The first kappa shape index (κ1) is 15.5. The Hall–Kier alpha value is -2.41. The van der Waals surface area contributed by atoms with E-state index in [2.05, 4.69) is 27.5 Å². The number of rotatable bonds is 6. The van der Waals surface area contributed by atoms with Gasteiger partial charge in [0.2, 0.25) is 0 Å². The smallest absolute Gasteiger partial charge is 0.251 e. The van der Waals surface area contributed by atoms with Gasteiger partial charge >= 0.3 is 0 Å². The van der Waals surface area contributed by atoms with E-state index < -0.39 is 0 Å². The Bertz CT molecular complexity index is 803. The summed E-state index contributed by atoms with van der Waals surface area (Å²) < 4.78 is 1.74. The molecule has 2 aromatic heterocycles. The summed E-state index contributed by atoms with van der Waals surface area (Å²) in [6.45, 7) is 2.57. The molecule has 0 atom stereocenters. The predicted molar refractivity (Wildman–Crippen MR) is 89.7 cm³/mol. The molecule has 0 spiro atoms. The molecule has 6 nitrogen and oxygen atoms in total. The van der Waals surface area contributed by atoms with Crippen LogP contribution in [-0.4, -0.2) is 38.0 Å². The Morgan fingerprint density at radius 3 is 2.78 bits per heavy atom. The molecule has 0 unspecified atom stereocenters. The number of hydrogen-bond acceptors (Lipinski definition) is 5. The molecule has 0 saturated heterocycles. The van der Waals surface area contributed by atoms with Crippen LogP contribution in [-0.2, 0) is 6.42 Å². The van der Waals surface area contributed by atoms with Crippen LogP contribution in [0.3, 0.4) is 0 Å². The number of benzene rings is 1. The molecule has 1 aromatic carbocycles. The van der Waals surface area contributed by atoms with Crippen molar-refractivity contribution in [1.82, 2.24) is 25.1 Å². The van der Waals surface area contributed by atoms with Crippen molar-refractivity contribution in [2.45, 2.75) is 18.4 Å². The third kappa shape index (κ3) is 3.68. The lowest BCUT2D eigenvalue weighted by Gasteiger charge is -2.04. The van der Waals surface area contributed by atoms with E-state index in [1.807, 2.05) is 30.3 Å². The lowest BCUT2D eigenvalue weighted by atomic mass is 10.2. The van der Waals surface area contributed by atoms with Crippen molar-refractivity contribution in [3.8, 4) is 0 Å². The second-order valence-electron chi connectivity index (χ2n) is 4.86. The Morgan fingerprint density at radius 1 is 1.17 bits per heavy atom. The van der Waals surface area contributed by atoms with E-state index in [4.69, 9.17) is 0 Å². The number of carbonyl (C=O) groups excluding carboxylic acids is 1. The Balaban J connectivity index is 1.65. The van der Waals surface area contributed by atoms with Gasteiger partial charge < -0.3 is 5.32 Å². The van der Waals surface area contributed by atoms with Crippen molar-refractivity contribution in [2.75, 3.05) is 12.3 Å². The number of hydrogen-bond donors (Lipinski definition) is 1. The number of fused-ring (bicyclic) bond motifs is 1. The summed E-state index contributed by atoms with van der Waals surface area (Å²) in [7, 11) is 0. The number of aromatic nitrogens is 4. The van der Waals surface area contributed by atoms with Crippen LogP contribution in [0.15, 0.2) is 47.5 Å². The van der Waals surface area contributed by atoms with E-state index in [9.17, 15) is 4.79 Å². The lowest BCUT2D eigenvalue weighted by Crippen LogP contribution is -2.26. The standard InChI is InChI=1S/C16H17N5OS/c1-2-23-15-9-8-13-18-19-14(21(13)20-15)10-11-17-16(22)12-6-4-3-5-7-12/h3-9H,2,10-11H2,1H3,(H,17,22). The van der Waals surface area contributed by atoms with E-state index in [0.717, 1.165) is 22.3 Å². The van der Waals surface area contributed by atoms with Crippen LogP contribution in [0.2, 0.25) is 0 Å². The maximum Gasteiger partial charge on any atom is 0.251 e. The van der Waals surface area contributed by atoms with Crippen molar-refractivity contribution >= 4 is 23.3 Å². The second-order valence-corrected chi connectivity index (χ2v) is 6.15. The van der Waals surface area contributed by atoms with Gasteiger partial charge in [-0.3, -0.25) is 4.79 Å². The fourth-order valence-electron chi connectivity index (χ4n) is 2.18. The third-order valence-corrected chi connectivity index (χ3v) is 4.07. The van der Waals surface area contributed by atoms with Crippen LogP contribution in [0.1, 0.15) is 23.1 Å². The Morgan fingerprint density at radius 2 is 2.00 bits per heavy atom. The van der Waals surface area contributed by atoms with Crippen LogP contribution in [0.25, 0.3) is 5.65 Å². The molecule has 1 N–H and O–H groups in total. The van der Waals surface area contributed by atoms with Gasteiger partial charge in [0, 0.05) is 18.5 Å². The fraction of sp³-hybridized carbons (Fsp3) is 0.250. The number of amides is 1. The van der Waals surface area contributed by atoms with Gasteiger partial charge in [0.25, 0.3) is 5.91 Å². The number of nitrogens with one attached hydrogen (secondary N) is 1. The number of nitrogens with zero attached hydrogens (tertiary/aromatic N) is 4. The van der Waals surface area contributed by atoms with Crippen LogP contribution < -0.4 is 5.32 Å². The molecule has 0 aliphatic rings. The summed E-state index contributed by atoms with van der Waals surface area (Å²) >= 11 is 1.67. The summed E-state index contributed by atoms with van der Waals surface area (Å²) in [6, 6.07) is 13.0. The van der Waals surface area contributed by atoms with Crippen LogP contribution >= 0.6 is 11.8 Å². The van der Waals surface area contributed by atoms with Crippen molar-refractivity contribution in [2.24, 2.45) is 0 Å². The first-order valence-corrected chi connectivity index (χ1v) is 8.44. The normalized spacial score (nSPS) is 10.8. The Kier molecular flexibility index (Phi) is 4.87. The largest absolute Gasteiger partial charge is 0.352 e. The van der Waals surface area contributed by atoms with Gasteiger partial charge in [0.05, 0.1) is 0 Å². The first-order valence-electron chi connectivity index (χ1n) is 7.45. The lowest BCUT2D eigenvalue weighted by molar-refractivity contribution is 0.0954. The minimum atomic E-state index is -0.0883. The van der Waals surface area contributed by atoms with E-state index >= 15 is 0 Å². The van der Waals surface area contributed by atoms with E-state index in [1.54, 1.807) is 28.4 Å². The van der Waals surface area contributed by atoms with Crippen LogP contribution in [0.5, 0.6) is 0 Å². The van der Waals surface area contributed by atoms with E-state index in [0.29, 0.717) is 18.5 Å². The molecule has 7 heteroatoms. The number of carbonyl (C=O) groups is 1. The quantitative estimate of drug-likeness (QED) is 0.703. The summed E-state index contributed by atoms with van der Waals surface area (Å²) in [5.74, 6) is 1.62. The zero-order valence-electron chi connectivity index (χ0n) is 12.8. The van der Waals surface area contributed by atoms with Gasteiger partial charge in [0.1, 0.15) is 5.03 Å². The summed E-state index contributed by atoms with van der Waals surface area (Å²) in [4.78, 5) is 12.0. The molecule has 0 radical (unpaired) electrons. The molecule has 118 valence electrons. The zero-order valence-corrected chi connectivity index (χ0v) is 13.6. The minimum absolute atomic E-state index is 0.0883. The first-order chi connectivity index (χ1) is 11.3. The fourth-order valence-corrected chi connectivity index (χ4v) is 2.78. The van der Waals surface area contributed by atoms with Gasteiger partial charge in [-0.05, 0) is 30.0 Å². The second kappa shape index (κ2) is 7.23. The number of thioether (sulfide) groups is 1. The van der Waals surface area contributed by atoms with Crippen molar-refractivity contribution in [3.63, 3.8) is 0 Å². The van der Waals surface area contributed by atoms with E-state index in [-0.39, 0.29) is 5.91 Å². The molecular formula is C16H17N5OS. The van der Waals surface area contributed by atoms with Gasteiger partial charge in [-0.2, -0.15) is 9.61 Å². The maximum atomic E-state index is 12.0. The molecule has 0 bridgehead atoms. The highest BCUT2D eigenvalue weighted by molar-refractivity contribution is 7.99. The highest BCUT2D eigenvalue weighted by atomic mass is 32.2. The molecule has 2 heterocycles. The van der Waals surface area contributed by atoms with Crippen molar-refractivity contribution in [3.05, 3.63) is 53.9 Å². The van der Waals surface area contributed by atoms with E-state index in [1.165, 1.54) is 0 Å². The summed E-state index contributed by atoms with van der Waals surface area (Å²) in [5, 5.41) is 16.6. The summed E-state index contributed by atoms with van der Waals surface area (Å²) in [6.07, 6.45) is 0.576. The van der Waals surface area contributed by atoms with Crippen molar-refractivity contribution in [1.29, 1.82) is 0 Å². The summed E-state index contributed by atoms with van der Waals surface area (Å²) in [5.41, 5.74) is 1.37.